The SMILES string of the molecule is CN1CC[N+](C)(CCCCCCCOc2ccc(-n3cc(C(=O)Nc4cc(F)cc(F)c4)c(=O)c4ccc(N(C)C)nc43)c(Cl)c2)CC1. The zero-order valence-electron chi connectivity index (χ0n) is 28.1. The Morgan fingerprint density at radius 2 is 1.69 bits per heavy atom. The number of aromatic nitrogens is 2. The molecule has 48 heavy (non-hydrogen) atoms. The normalized spacial score (nSPS) is 14.6. The molecule has 3 heterocycles. The van der Waals surface area contributed by atoms with Gasteiger partial charge in [0, 0.05) is 51.2 Å². The van der Waals surface area contributed by atoms with Gasteiger partial charge >= 0.3 is 0 Å². The van der Waals surface area contributed by atoms with Crippen LogP contribution in [0.15, 0.2) is 59.5 Å². The lowest BCUT2D eigenvalue weighted by atomic mass is 10.1. The molecule has 256 valence electrons. The van der Waals surface area contributed by atoms with Crippen LogP contribution in [0.4, 0.5) is 20.3 Å². The minimum atomic E-state index is -0.858. The summed E-state index contributed by atoms with van der Waals surface area (Å²) in [6.07, 6.45) is 7.01. The fraction of sp³-hybridized carbons (Fsp3) is 0.417. The van der Waals surface area contributed by atoms with Gasteiger partial charge in [-0.15, -0.1) is 0 Å². The van der Waals surface area contributed by atoms with Crippen LogP contribution in [0.1, 0.15) is 42.5 Å². The summed E-state index contributed by atoms with van der Waals surface area (Å²) < 4.78 is 36.3. The number of halogens is 3. The molecule has 1 aliphatic rings. The molecule has 5 rings (SSSR count). The van der Waals surface area contributed by atoms with Crippen LogP contribution in [-0.4, -0.2) is 92.4 Å². The van der Waals surface area contributed by atoms with Gasteiger partial charge in [0.25, 0.3) is 5.91 Å². The Balaban J connectivity index is 1.27. The monoisotopic (exact) mass is 681 g/mol. The second-order valence-electron chi connectivity index (χ2n) is 13.1. The summed E-state index contributed by atoms with van der Waals surface area (Å²) >= 11 is 6.78. The Bertz CT molecular complexity index is 1800. The van der Waals surface area contributed by atoms with E-state index < -0.39 is 23.0 Å². The van der Waals surface area contributed by atoms with E-state index in [0.29, 0.717) is 40.6 Å². The minimum absolute atomic E-state index is 0.120. The Kier molecular flexibility index (Phi) is 11.3. The van der Waals surface area contributed by atoms with Crippen molar-refractivity contribution in [2.45, 2.75) is 32.1 Å². The maximum absolute atomic E-state index is 13.8. The number of nitrogens with zero attached hydrogens (tertiary/aromatic N) is 5. The van der Waals surface area contributed by atoms with Crippen LogP contribution >= 0.6 is 11.6 Å². The highest BCUT2D eigenvalue weighted by Gasteiger charge is 2.26. The molecule has 1 fully saturated rings. The smallest absolute Gasteiger partial charge is 0.261 e. The topological polar surface area (TPSA) is 79.7 Å². The molecule has 2 aromatic heterocycles. The van der Waals surface area contributed by atoms with Crippen molar-refractivity contribution in [2.24, 2.45) is 0 Å². The number of hydrogen-bond donors (Lipinski definition) is 1. The van der Waals surface area contributed by atoms with E-state index in [1.54, 1.807) is 39.8 Å². The third kappa shape index (κ3) is 8.69. The number of ether oxygens (including phenoxy) is 1. The zero-order valence-corrected chi connectivity index (χ0v) is 28.8. The van der Waals surface area contributed by atoms with Crippen molar-refractivity contribution in [3.8, 4) is 11.4 Å². The van der Waals surface area contributed by atoms with Crippen LogP contribution in [0.5, 0.6) is 5.75 Å². The van der Waals surface area contributed by atoms with E-state index in [1.807, 2.05) is 14.1 Å². The molecule has 0 saturated carbocycles. The van der Waals surface area contributed by atoms with Crippen LogP contribution < -0.4 is 20.4 Å². The maximum atomic E-state index is 13.8. The summed E-state index contributed by atoms with van der Waals surface area (Å²) in [5.74, 6) is -1.35. The molecule has 12 heteroatoms. The number of likely N-dealkylation sites (N-methyl/N-ethyl adjacent to an activating group) is 2. The highest BCUT2D eigenvalue weighted by molar-refractivity contribution is 6.32. The number of carbonyl (C=O) groups excluding carboxylic acids is 1. The Labute approximate surface area is 285 Å². The average Bonchev–Trinajstić information content (AvgIpc) is 3.03. The van der Waals surface area contributed by atoms with Crippen LogP contribution in [0.25, 0.3) is 16.7 Å². The number of hydrogen-bond acceptors (Lipinski definition) is 6. The molecule has 1 amide bonds. The lowest BCUT2D eigenvalue weighted by Crippen LogP contribution is -2.56. The molecule has 9 nitrogen and oxygen atoms in total. The van der Waals surface area contributed by atoms with Crippen molar-refractivity contribution >= 4 is 40.0 Å². The molecule has 1 aliphatic heterocycles. The molecule has 4 aromatic rings. The first-order valence-corrected chi connectivity index (χ1v) is 16.8. The second-order valence-corrected chi connectivity index (χ2v) is 13.5. The van der Waals surface area contributed by atoms with Crippen LogP contribution in [-0.2, 0) is 0 Å². The van der Waals surface area contributed by atoms with Crippen LogP contribution in [0.3, 0.4) is 0 Å². The number of benzene rings is 2. The highest BCUT2D eigenvalue weighted by atomic mass is 35.5. The van der Waals surface area contributed by atoms with Gasteiger partial charge < -0.3 is 19.4 Å². The first kappa shape index (κ1) is 35.3. The first-order valence-electron chi connectivity index (χ1n) is 16.4. The standard InChI is InChI=1S/C36H43ClF2N6O3/c1-42(2)33-13-11-29-34(46)30(36(47)40-27-21-25(38)20-26(39)22-27)24-44(35(29)41-33)32-12-10-28(23-31(32)37)48-19-9-7-5-6-8-16-45(4)17-14-43(3)15-18-45/h10-13,20-24H,5-9,14-19H2,1-4H3/p+1. The van der Waals surface area contributed by atoms with Gasteiger partial charge in [-0.25, -0.2) is 13.8 Å². The van der Waals surface area contributed by atoms with Gasteiger partial charge in [0.1, 0.15) is 28.8 Å². The lowest BCUT2D eigenvalue weighted by Gasteiger charge is -2.41. The van der Waals surface area contributed by atoms with Crippen molar-refractivity contribution < 1.29 is 22.8 Å². The fourth-order valence-corrected chi connectivity index (χ4v) is 6.23. The Hall–Kier alpha value is -4.06. The first-order chi connectivity index (χ1) is 22.9. The van der Waals surface area contributed by atoms with Gasteiger partial charge in [-0.05, 0) is 62.7 Å². The molecule has 1 N–H and O–H groups in total. The number of carbonyl (C=O) groups is 1. The Morgan fingerprint density at radius 1 is 1.00 bits per heavy atom. The van der Waals surface area contributed by atoms with Gasteiger partial charge in [0.15, 0.2) is 5.65 Å². The van der Waals surface area contributed by atoms with Crippen LogP contribution in [0.2, 0.25) is 5.02 Å². The number of pyridine rings is 2. The van der Waals surface area contributed by atoms with E-state index in [-0.39, 0.29) is 16.6 Å². The van der Waals surface area contributed by atoms with Gasteiger partial charge in [-0.1, -0.05) is 24.4 Å². The summed E-state index contributed by atoms with van der Waals surface area (Å²) in [7, 11) is 8.22. The maximum Gasteiger partial charge on any atom is 0.261 e. The number of anilines is 2. The summed E-state index contributed by atoms with van der Waals surface area (Å²) in [6, 6.07) is 11.1. The van der Waals surface area contributed by atoms with E-state index in [0.717, 1.165) is 25.0 Å². The summed E-state index contributed by atoms with van der Waals surface area (Å²) in [4.78, 5) is 35.6. The van der Waals surface area contributed by atoms with E-state index in [9.17, 15) is 18.4 Å². The molecule has 0 unspecified atom stereocenters. The molecule has 0 aliphatic carbocycles. The summed E-state index contributed by atoms with van der Waals surface area (Å²) in [6.45, 7) is 6.62. The fourth-order valence-electron chi connectivity index (χ4n) is 5.97. The van der Waals surface area contributed by atoms with E-state index in [4.69, 9.17) is 16.3 Å². The third-order valence-corrected chi connectivity index (χ3v) is 9.29. The number of piperazine rings is 1. The molecule has 0 bridgehead atoms. The van der Waals surface area contributed by atoms with Crippen molar-refractivity contribution in [3.05, 3.63) is 87.2 Å². The average molecular weight is 682 g/mol. The number of rotatable bonds is 13. The Morgan fingerprint density at radius 3 is 2.38 bits per heavy atom. The van der Waals surface area contributed by atoms with E-state index >= 15 is 0 Å². The zero-order chi connectivity index (χ0) is 34.4. The second kappa shape index (κ2) is 15.4. The number of fused-ring (bicyclic) bond motifs is 1. The number of quaternary nitrogens is 1. The summed E-state index contributed by atoms with van der Waals surface area (Å²) in [5.41, 5.74) is -0.189. The van der Waals surface area contributed by atoms with E-state index in [1.165, 1.54) is 62.7 Å². The molecule has 1 saturated heterocycles. The molecular formula is C36H44ClF2N6O3+. The molecular weight excluding hydrogens is 638 g/mol. The van der Waals surface area contributed by atoms with Gasteiger partial charge in [-0.2, -0.15) is 0 Å². The number of amides is 1. The molecule has 0 radical (unpaired) electrons. The number of nitrogens with one attached hydrogen (secondary N) is 1. The predicted molar refractivity (Wildman–Crippen MR) is 188 cm³/mol. The van der Waals surface area contributed by atoms with Gasteiger partial charge in [-0.3, -0.25) is 19.1 Å². The number of unbranched alkanes of at least 4 members (excludes halogenated alkanes) is 4. The quantitative estimate of drug-likeness (QED) is 0.131. The van der Waals surface area contributed by atoms with Gasteiger partial charge in [0.05, 0.1) is 49.4 Å². The molecule has 0 spiro atoms. The van der Waals surface area contributed by atoms with Crippen molar-refractivity contribution in [1.82, 2.24) is 14.5 Å². The summed E-state index contributed by atoms with van der Waals surface area (Å²) in [5, 5.41) is 2.93. The lowest BCUT2D eigenvalue weighted by molar-refractivity contribution is -0.913. The van der Waals surface area contributed by atoms with E-state index in [2.05, 4.69) is 29.3 Å². The van der Waals surface area contributed by atoms with Crippen molar-refractivity contribution in [1.29, 1.82) is 0 Å². The van der Waals surface area contributed by atoms with Crippen molar-refractivity contribution in [2.75, 3.05) is 77.7 Å². The molecule has 0 atom stereocenters. The van der Waals surface area contributed by atoms with Crippen molar-refractivity contribution in [3.63, 3.8) is 0 Å². The predicted octanol–water partition coefficient (Wildman–Crippen LogP) is 6.36. The third-order valence-electron chi connectivity index (χ3n) is 8.99. The van der Waals surface area contributed by atoms with Gasteiger partial charge in [0.2, 0.25) is 5.43 Å². The van der Waals surface area contributed by atoms with Crippen LogP contribution in [0, 0.1) is 11.6 Å². The largest absolute Gasteiger partial charge is 0.494 e. The highest BCUT2D eigenvalue weighted by Crippen LogP contribution is 2.29. The minimum Gasteiger partial charge on any atom is -0.494 e. The molecule has 2 aromatic carbocycles.